The highest BCUT2D eigenvalue weighted by molar-refractivity contribution is 5.85. The van der Waals surface area contributed by atoms with Crippen molar-refractivity contribution in [3.8, 4) is 0 Å². The maximum absolute atomic E-state index is 13.2. The number of urea groups is 1. The number of amides is 4. The van der Waals surface area contributed by atoms with Crippen molar-refractivity contribution in [1.29, 1.82) is 0 Å². The number of hydrogen-bond donors (Lipinski definition) is 3. The Hall–Kier alpha value is -3.39. The molecule has 8 heteroatoms. The molecule has 172 valence electrons. The molecule has 1 spiro atoms. The molecule has 3 aliphatic heterocycles. The van der Waals surface area contributed by atoms with Crippen LogP contribution in [0.1, 0.15) is 29.5 Å². The third kappa shape index (κ3) is 4.57. The largest absolute Gasteiger partial charge is 0.355 e. The number of fused-ring (bicyclic) bond motifs is 1. The molecular weight excluding hydrogens is 418 g/mol. The van der Waals surface area contributed by atoms with Crippen LogP contribution in [-0.2, 0) is 29.1 Å². The molecule has 3 N–H and O–H groups in total. The summed E-state index contributed by atoms with van der Waals surface area (Å²) in [6, 6.07) is 17.6. The van der Waals surface area contributed by atoms with E-state index in [-0.39, 0.29) is 29.3 Å². The summed E-state index contributed by atoms with van der Waals surface area (Å²) in [6.07, 6.45) is 1.84. The Morgan fingerprint density at radius 3 is 2.55 bits per heavy atom. The Labute approximate surface area is 193 Å². The van der Waals surface area contributed by atoms with E-state index in [0.29, 0.717) is 45.6 Å². The normalized spacial score (nSPS) is 24.4. The number of nitrogens with one attached hydrogen (secondary N) is 3. The molecule has 2 atom stereocenters. The van der Waals surface area contributed by atoms with Gasteiger partial charge in [0, 0.05) is 44.6 Å². The third-order valence-electron chi connectivity index (χ3n) is 7.09. The topological polar surface area (TPSA) is 93.8 Å². The summed E-state index contributed by atoms with van der Waals surface area (Å²) in [6.45, 7) is 3.03. The molecule has 5 rings (SSSR count). The van der Waals surface area contributed by atoms with Crippen LogP contribution in [0.15, 0.2) is 54.6 Å². The summed E-state index contributed by atoms with van der Waals surface area (Å²) in [4.78, 5) is 41.3. The number of hydrazine groups is 1. The smallest absolute Gasteiger partial charge is 0.336 e. The summed E-state index contributed by atoms with van der Waals surface area (Å²) in [5.74, 6) is -0.179. The second-order valence-corrected chi connectivity index (χ2v) is 9.42. The van der Waals surface area contributed by atoms with Gasteiger partial charge >= 0.3 is 6.03 Å². The van der Waals surface area contributed by atoms with E-state index >= 15 is 0 Å². The van der Waals surface area contributed by atoms with Gasteiger partial charge in [0.15, 0.2) is 0 Å². The quantitative estimate of drug-likeness (QED) is 0.623. The number of likely N-dealkylation sites (tertiary alicyclic amines) is 1. The molecule has 4 amide bonds. The van der Waals surface area contributed by atoms with Crippen molar-refractivity contribution in [3.05, 3.63) is 71.3 Å². The maximum atomic E-state index is 13.2. The summed E-state index contributed by atoms with van der Waals surface area (Å²) >= 11 is 0. The van der Waals surface area contributed by atoms with Crippen molar-refractivity contribution in [2.45, 2.75) is 38.4 Å². The Bertz CT molecular complexity index is 1060. The SMILES string of the molecule is O=C1CC2(CCN(C(=O)NNC(=O)C3Cc4ccccc4CN3Cc3ccccc3)C2)CN1. The lowest BCUT2D eigenvalue weighted by Crippen LogP contribution is -2.56. The monoisotopic (exact) mass is 447 g/mol. The molecule has 8 nitrogen and oxygen atoms in total. The predicted octanol–water partition coefficient (Wildman–Crippen LogP) is 1.57. The second-order valence-electron chi connectivity index (χ2n) is 9.42. The number of benzene rings is 2. The number of hydrogen-bond acceptors (Lipinski definition) is 4. The molecule has 0 radical (unpaired) electrons. The second kappa shape index (κ2) is 8.86. The van der Waals surface area contributed by atoms with Crippen LogP contribution in [0.4, 0.5) is 4.79 Å². The molecule has 3 aliphatic rings. The first kappa shape index (κ1) is 21.5. The Morgan fingerprint density at radius 1 is 1.03 bits per heavy atom. The molecule has 0 aliphatic carbocycles. The molecule has 2 aromatic carbocycles. The average Bonchev–Trinajstić information content (AvgIpc) is 3.42. The predicted molar refractivity (Wildman–Crippen MR) is 123 cm³/mol. The number of carbonyl (C=O) groups is 3. The van der Waals surface area contributed by atoms with Gasteiger partial charge in [-0.3, -0.25) is 19.9 Å². The Morgan fingerprint density at radius 2 is 1.79 bits per heavy atom. The molecule has 2 unspecified atom stereocenters. The van der Waals surface area contributed by atoms with Crippen LogP contribution < -0.4 is 16.2 Å². The fourth-order valence-corrected chi connectivity index (χ4v) is 5.25. The molecule has 0 bridgehead atoms. The molecular formula is C25H29N5O3. The van der Waals surface area contributed by atoms with Gasteiger partial charge in [-0.25, -0.2) is 10.2 Å². The van der Waals surface area contributed by atoms with E-state index in [4.69, 9.17) is 0 Å². The zero-order valence-corrected chi connectivity index (χ0v) is 18.5. The average molecular weight is 448 g/mol. The van der Waals surface area contributed by atoms with Crippen LogP contribution in [0.25, 0.3) is 0 Å². The molecule has 33 heavy (non-hydrogen) atoms. The maximum Gasteiger partial charge on any atom is 0.336 e. The first-order valence-electron chi connectivity index (χ1n) is 11.5. The van der Waals surface area contributed by atoms with Crippen molar-refractivity contribution >= 4 is 17.8 Å². The summed E-state index contributed by atoms with van der Waals surface area (Å²) in [7, 11) is 0. The van der Waals surface area contributed by atoms with Gasteiger partial charge in [-0.1, -0.05) is 54.6 Å². The van der Waals surface area contributed by atoms with Gasteiger partial charge in [0.25, 0.3) is 5.91 Å². The fourth-order valence-electron chi connectivity index (χ4n) is 5.25. The van der Waals surface area contributed by atoms with Gasteiger partial charge in [0.05, 0.1) is 6.04 Å². The van der Waals surface area contributed by atoms with Crippen molar-refractivity contribution in [1.82, 2.24) is 26.0 Å². The van der Waals surface area contributed by atoms with Gasteiger partial charge in [-0.2, -0.15) is 0 Å². The van der Waals surface area contributed by atoms with E-state index in [2.05, 4.69) is 45.3 Å². The standard InChI is InChI=1S/C25H29N5O3/c31-22-13-25(16-26-22)10-11-29(17-25)24(33)28-27-23(32)21-12-19-8-4-5-9-20(19)15-30(21)14-18-6-2-1-3-7-18/h1-9,21H,10-17H2,(H,26,31)(H,27,32)(H,28,33). The van der Waals surface area contributed by atoms with Gasteiger partial charge < -0.3 is 10.2 Å². The van der Waals surface area contributed by atoms with Crippen LogP contribution >= 0.6 is 0 Å². The first-order chi connectivity index (χ1) is 16.0. The van der Waals surface area contributed by atoms with E-state index in [1.165, 1.54) is 5.56 Å². The Kier molecular flexibility index (Phi) is 5.76. The van der Waals surface area contributed by atoms with E-state index in [1.807, 2.05) is 30.3 Å². The first-order valence-corrected chi connectivity index (χ1v) is 11.5. The van der Waals surface area contributed by atoms with Crippen LogP contribution in [0, 0.1) is 5.41 Å². The van der Waals surface area contributed by atoms with Gasteiger partial charge in [0.2, 0.25) is 5.91 Å². The summed E-state index contributed by atoms with van der Waals surface area (Å²) in [5.41, 5.74) is 8.62. The fraction of sp³-hybridized carbons (Fsp3) is 0.400. The van der Waals surface area contributed by atoms with E-state index in [0.717, 1.165) is 17.5 Å². The van der Waals surface area contributed by atoms with Crippen LogP contribution in [-0.4, -0.2) is 53.3 Å². The van der Waals surface area contributed by atoms with Gasteiger partial charge in [-0.15, -0.1) is 0 Å². The number of carbonyl (C=O) groups excluding carboxylic acids is 3. The van der Waals surface area contributed by atoms with E-state index in [9.17, 15) is 14.4 Å². The summed E-state index contributed by atoms with van der Waals surface area (Å²) in [5, 5.41) is 2.87. The lowest BCUT2D eigenvalue weighted by molar-refractivity contribution is -0.128. The highest BCUT2D eigenvalue weighted by Gasteiger charge is 2.45. The molecule has 3 heterocycles. The minimum absolute atomic E-state index is 0.0432. The highest BCUT2D eigenvalue weighted by atomic mass is 16.2. The zero-order chi connectivity index (χ0) is 22.8. The van der Waals surface area contributed by atoms with Crippen molar-refractivity contribution in [3.63, 3.8) is 0 Å². The zero-order valence-electron chi connectivity index (χ0n) is 18.5. The number of nitrogens with zero attached hydrogens (tertiary/aromatic N) is 2. The van der Waals surface area contributed by atoms with Gasteiger partial charge in [0.1, 0.15) is 0 Å². The third-order valence-corrected chi connectivity index (χ3v) is 7.09. The summed E-state index contributed by atoms with van der Waals surface area (Å²) < 4.78 is 0. The minimum Gasteiger partial charge on any atom is -0.355 e. The van der Waals surface area contributed by atoms with Crippen molar-refractivity contribution < 1.29 is 14.4 Å². The number of rotatable bonds is 3. The van der Waals surface area contributed by atoms with Crippen LogP contribution in [0.5, 0.6) is 0 Å². The minimum atomic E-state index is -0.387. The lowest BCUT2D eigenvalue weighted by Gasteiger charge is -2.36. The van der Waals surface area contributed by atoms with E-state index in [1.54, 1.807) is 4.90 Å². The highest BCUT2D eigenvalue weighted by Crippen LogP contribution is 2.36. The van der Waals surface area contributed by atoms with Crippen LogP contribution in [0.3, 0.4) is 0 Å². The molecule has 0 aromatic heterocycles. The van der Waals surface area contributed by atoms with Crippen molar-refractivity contribution in [2.75, 3.05) is 19.6 Å². The molecule has 0 saturated carbocycles. The van der Waals surface area contributed by atoms with Crippen molar-refractivity contribution in [2.24, 2.45) is 5.41 Å². The molecule has 2 fully saturated rings. The Balaban J connectivity index is 1.23. The van der Waals surface area contributed by atoms with Gasteiger partial charge in [-0.05, 0) is 29.5 Å². The molecule has 2 saturated heterocycles. The molecule has 2 aromatic rings. The lowest BCUT2D eigenvalue weighted by atomic mass is 9.86. The van der Waals surface area contributed by atoms with E-state index < -0.39 is 0 Å². The van der Waals surface area contributed by atoms with Crippen LogP contribution in [0.2, 0.25) is 0 Å².